The lowest BCUT2D eigenvalue weighted by molar-refractivity contribution is 0.0240. The van der Waals surface area contributed by atoms with Crippen LogP contribution in [0.4, 0.5) is 10.5 Å². The van der Waals surface area contributed by atoms with Gasteiger partial charge >= 0.3 is 6.09 Å². The van der Waals surface area contributed by atoms with E-state index in [2.05, 4.69) is 29.2 Å². The lowest BCUT2D eigenvalue weighted by Crippen LogP contribution is -2.50. The van der Waals surface area contributed by atoms with Crippen molar-refractivity contribution >= 4 is 11.8 Å². The van der Waals surface area contributed by atoms with Crippen LogP contribution in [0.5, 0.6) is 0 Å². The topological polar surface area (TPSA) is 58.8 Å². The Morgan fingerprint density at radius 1 is 1.23 bits per heavy atom. The Morgan fingerprint density at radius 3 is 2.50 bits per heavy atom. The smallest absolute Gasteiger partial charge is 0.410 e. The molecule has 0 spiro atoms. The van der Waals surface area contributed by atoms with Crippen LogP contribution in [0.25, 0.3) is 0 Å². The van der Waals surface area contributed by atoms with Crippen molar-refractivity contribution in [2.75, 3.05) is 37.6 Å². The summed E-state index contributed by atoms with van der Waals surface area (Å²) in [7, 11) is 0. The molecule has 0 atom stereocenters. The molecular weight excluding hydrogens is 278 g/mol. The van der Waals surface area contributed by atoms with E-state index in [9.17, 15) is 4.79 Å². The van der Waals surface area contributed by atoms with Gasteiger partial charge in [0.1, 0.15) is 5.60 Å². The summed E-state index contributed by atoms with van der Waals surface area (Å²) in [6, 6.07) is 8.48. The standard InChI is InChI=1S/C17H27N3O2/c1-17(2,3)22-16(21)20-11-9-19(10-12-20)15-6-4-5-14(13-15)7-8-18/h4-6,13H,7-12,18H2,1-3H3. The fourth-order valence-corrected chi connectivity index (χ4v) is 2.55. The maximum atomic E-state index is 12.1. The molecular formula is C17H27N3O2. The maximum absolute atomic E-state index is 12.1. The summed E-state index contributed by atoms with van der Waals surface area (Å²) in [4.78, 5) is 16.2. The lowest BCUT2D eigenvalue weighted by atomic mass is 10.1. The molecule has 0 radical (unpaired) electrons. The molecule has 5 heteroatoms. The number of anilines is 1. The van der Waals surface area contributed by atoms with E-state index >= 15 is 0 Å². The number of ether oxygens (including phenoxy) is 1. The van der Waals surface area contributed by atoms with E-state index in [0.717, 1.165) is 19.5 Å². The van der Waals surface area contributed by atoms with Crippen LogP contribution in [0.1, 0.15) is 26.3 Å². The van der Waals surface area contributed by atoms with Gasteiger partial charge in [-0.15, -0.1) is 0 Å². The third-order valence-corrected chi connectivity index (χ3v) is 3.64. The van der Waals surface area contributed by atoms with Crippen LogP contribution in [-0.4, -0.2) is 49.3 Å². The number of hydrogen-bond acceptors (Lipinski definition) is 4. The number of benzene rings is 1. The van der Waals surface area contributed by atoms with E-state index < -0.39 is 5.60 Å². The molecule has 122 valence electrons. The number of piperazine rings is 1. The first-order valence-corrected chi connectivity index (χ1v) is 7.91. The number of hydrogen-bond donors (Lipinski definition) is 1. The van der Waals surface area contributed by atoms with E-state index in [1.807, 2.05) is 20.8 Å². The summed E-state index contributed by atoms with van der Waals surface area (Å²) >= 11 is 0. The zero-order chi connectivity index (χ0) is 16.2. The molecule has 1 aliphatic heterocycles. The summed E-state index contributed by atoms with van der Waals surface area (Å²) in [5.41, 5.74) is 7.64. The van der Waals surface area contributed by atoms with Gasteiger partial charge in [0.25, 0.3) is 0 Å². The summed E-state index contributed by atoms with van der Waals surface area (Å²) in [5.74, 6) is 0. The number of rotatable bonds is 3. The van der Waals surface area contributed by atoms with E-state index in [0.29, 0.717) is 19.6 Å². The van der Waals surface area contributed by atoms with Crippen LogP contribution >= 0.6 is 0 Å². The lowest BCUT2D eigenvalue weighted by Gasteiger charge is -2.36. The average molecular weight is 305 g/mol. The fraction of sp³-hybridized carbons (Fsp3) is 0.588. The normalized spacial score (nSPS) is 15.8. The number of carbonyl (C=O) groups excluding carboxylic acids is 1. The first-order valence-electron chi connectivity index (χ1n) is 7.91. The van der Waals surface area contributed by atoms with Gasteiger partial charge in [0.05, 0.1) is 0 Å². The minimum Gasteiger partial charge on any atom is -0.444 e. The Bertz CT molecular complexity index is 503. The summed E-state index contributed by atoms with van der Waals surface area (Å²) < 4.78 is 5.42. The van der Waals surface area contributed by atoms with E-state index in [4.69, 9.17) is 10.5 Å². The molecule has 0 aliphatic carbocycles. The molecule has 1 aromatic rings. The van der Waals surface area contributed by atoms with Crippen molar-refractivity contribution in [3.05, 3.63) is 29.8 Å². The van der Waals surface area contributed by atoms with E-state index in [-0.39, 0.29) is 6.09 Å². The van der Waals surface area contributed by atoms with E-state index in [1.165, 1.54) is 11.3 Å². The monoisotopic (exact) mass is 305 g/mol. The van der Waals surface area contributed by atoms with Gasteiger partial charge in [-0.05, 0) is 51.4 Å². The van der Waals surface area contributed by atoms with Gasteiger partial charge in [-0.2, -0.15) is 0 Å². The predicted molar refractivity (Wildman–Crippen MR) is 89.2 cm³/mol. The predicted octanol–water partition coefficient (Wildman–Crippen LogP) is 2.24. The van der Waals surface area contributed by atoms with Crippen molar-refractivity contribution in [1.29, 1.82) is 0 Å². The second-order valence-electron chi connectivity index (χ2n) is 6.66. The molecule has 1 aromatic carbocycles. The molecule has 1 heterocycles. The summed E-state index contributed by atoms with van der Waals surface area (Å²) in [6.07, 6.45) is 0.676. The van der Waals surface area contributed by atoms with Gasteiger partial charge in [0, 0.05) is 31.9 Å². The Balaban J connectivity index is 1.92. The molecule has 5 nitrogen and oxygen atoms in total. The number of carbonyl (C=O) groups is 1. The Morgan fingerprint density at radius 2 is 1.91 bits per heavy atom. The second kappa shape index (κ2) is 7.01. The van der Waals surface area contributed by atoms with Gasteiger partial charge in [0.2, 0.25) is 0 Å². The highest BCUT2D eigenvalue weighted by molar-refractivity contribution is 5.68. The van der Waals surface area contributed by atoms with Crippen molar-refractivity contribution in [3.63, 3.8) is 0 Å². The maximum Gasteiger partial charge on any atom is 0.410 e. The van der Waals surface area contributed by atoms with Gasteiger partial charge in [-0.1, -0.05) is 12.1 Å². The molecule has 1 fully saturated rings. The highest BCUT2D eigenvalue weighted by Crippen LogP contribution is 2.19. The summed E-state index contributed by atoms with van der Waals surface area (Å²) in [5, 5.41) is 0. The van der Waals surface area contributed by atoms with Crippen LogP contribution in [0, 0.1) is 0 Å². The average Bonchev–Trinajstić information content (AvgIpc) is 2.46. The van der Waals surface area contributed by atoms with Gasteiger partial charge in [-0.25, -0.2) is 4.79 Å². The Labute approximate surface area is 133 Å². The van der Waals surface area contributed by atoms with Gasteiger partial charge < -0.3 is 20.3 Å². The minimum atomic E-state index is -0.440. The molecule has 0 aromatic heterocycles. The number of nitrogens with zero attached hydrogens (tertiary/aromatic N) is 2. The SMILES string of the molecule is CC(C)(C)OC(=O)N1CCN(c2cccc(CCN)c2)CC1. The highest BCUT2D eigenvalue weighted by atomic mass is 16.6. The highest BCUT2D eigenvalue weighted by Gasteiger charge is 2.25. The van der Waals surface area contributed by atoms with Crippen LogP contribution < -0.4 is 10.6 Å². The van der Waals surface area contributed by atoms with Crippen LogP contribution in [-0.2, 0) is 11.2 Å². The Kier molecular flexibility index (Phi) is 5.29. The largest absolute Gasteiger partial charge is 0.444 e. The van der Waals surface area contributed by atoms with Crippen molar-refractivity contribution in [1.82, 2.24) is 4.90 Å². The van der Waals surface area contributed by atoms with Crippen molar-refractivity contribution in [3.8, 4) is 0 Å². The van der Waals surface area contributed by atoms with Gasteiger partial charge in [0.15, 0.2) is 0 Å². The summed E-state index contributed by atoms with van der Waals surface area (Å²) in [6.45, 7) is 9.37. The first-order chi connectivity index (χ1) is 10.4. The molecule has 1 aliphatic rings. The third-order valence-electron chi connectivity index (χ3n) is 3.64. The minimum absolute atomic E-state index is 0.218. The zero-order valence-corrected chi connectivity index (χ0v) is 13.8. The van der Waals surface area contributed by atoms with Crippen LogP contribution in [0.2, 0.25) is 0 Å². The third kappa shape index (κ3) is 4.63. The molecule has 1 amide bonds. The first kappa shape index (κ1) is 16.6. The Hall–Kier alpha value is -1.75. The second-order valence-corrected chi connectivity index (χ2v) is 6.66. The van der Waals surface area contributed by atoms with Gasteiger partial charge in [-0.3, -0.25) is 0 Å². The van der Waals surface area contributed by atoms with Crippen LogP contribution in [0.15, 0.2) is 24.3 Å². The molecule has 0 bridgehead atoms. The van der Waals surface area contributed by atoms with E-state index in [1.54, 1.807) is 4.90 Å². The zero-order valence-electron chi connectivity index (χ0n) is 13.8. The molecule has 2 rings (SSSR count). The van der Waals surface area contributed by atoms with Crippen LogP contribution in [0.3, 0.4) is 0 Å². The molecule has 2 N–H and O–H groups in total. The number of nitrogens with two attached hydrogens (primary N) is 1. The molecule has 22 heavy (non-hydrogen) atoms. The molecule has 0 unspecified atom stereocenters. The van der Waals surface area contributed by atoms with Crippen molar-refractivity contribution in [2.24, 2.45) is 5.73 Å². The fourth-order valence-electron chi connectivity index (χ4n) is 2.55. The van der Waals surface area contributed by atoms with Crippen molar-refractivity contribution < 1.29 is 9.53 Å². The molecule has 1 saturated heterocycles. The molecule has 0 saturated carbocycles. The number of amides is 1. The quantitative estimate of drug-likeness (QED) is 0.930. The van der Waals surface area contributed by atoms with Crippen molar-refractivity contribution in [2.45, 2.75) is 32.8 Å².